The lowest BCUT2D eigenvalue weighted by atomic mass is 10.3. The van der Waals surface area contributed by atoms with Gasteiger partial charge in [0.15, 0.2) is 5.65 Å². The van der Waals surface area contributed by atoms with Crippen LogP contribution in [0.25, 0.3) is 11.0 Å². The summed E-state index contributed by atoms with van der Waals surface area (Å²) in [7, 11) is 0. The molecule has 0 saturated heterocycles. The van der Waals surface area contributed by atoms with Crippen molar-refractivity contribution in [2.45, 2.75) is 13.8 Å². The molecule has 0 fully saturated rings. The van der Waals surface area contributed by atoms with Crippen molar-refractivity contribution < 1.29 is 0 Å². The molecule has 0 saturated carbocycles. The summed E-state index contributed by atoms with van der Waals surface area (Å²) in [5.74, 6) is 0. The molecule has 4 heteroatoms. The molecule has 0 amide bonds. The first-order valence-corrected chi connectivity index (χ1v) is 4.37. The largest absolute Gasteiger partial charge is 0.244 e. The van der Waals surface area contributed by atoms with Crippen molar-refractivity contribution in [1.82, 2.24) is 15.0 Å². The molecule has 2 aromatic rings. The highest BCUT2D eigenvalue weighted by Gasteiger charge is 1.96. The lowest BCUT2D eigenvalue weighted by Crippen LogP contribution is -1.87. The summed E-state index contributed by atoms with van der Waals surface area (Å²) in [6, 6.07) is 5.37. The smallest absolute Gasteiger partial charge is 0.163 e. The van der Waals surface area contributed by atoms with Crippen molar-refractivity contribution in [3.05, 3.63) is 30.4 Å². The average Bonchev–Trinajstić information content (AvgIpc) is 2.31. The zero-order chi connectivity index (χ0) is 10.4. The summed E-state index contributed by atoms with van der Waals surface area (Å²) in [6.07, 6.45) is 3.08. The van der Waals surface area contributed by atoms with Crippen LogP contribution in [-0.4, -0.2) is 15.0 Å². The highest BCUT2D eigenvalue weighted by molar-refractivity contribution is 5.73. The SMILES string of the molecule is CC.N#Cc1ccc2cncnc2n1. The van der Waals surface area contributed by atoms with Gasteiger partial charge >= 0.3 is 0 Å². The zero-order valence-corrected chi connectivity index (χ0v) is 8.10. The van der Waals surface area contributed by atoms with Gasteiger partial charge in [0.1, 0.15) is 18.1 Å². The van der Waals surface area contributed by atoms with Crippen LogP contribution in [-0.2, 0) is 0 Å². The summed E-state index contributed by atoms with van der Waals surface area (Å²) in [5, 5.41) is 9.39. The van der Waals surface area contributed by atoms with Gasteiger partial charge in [-0.15, -0.1) is 0 Å². The minimum Gasteiger partial charge on any atom is -0.244 e. The van der Waals surface area contributed by atoms with Gasteiger partial charge in [-0.05, 0) is 12.1 Å². The van der Waals surface area contributed by atoms with Gasteiger partial charge in [0, 0.05) is 11.6 Å². The van der Waals surface area contributed by atoms with E-state index in [1.807, 2.05) is 19.9 Å². The minimum absolute atomic E-state index is 0.376. The van der Waals surface area contributed by atoms with Crippen LogP contribution in [0.5, 0.6) is 0 Å². The molecule has 2 aromatic heterocycles. The fraction of sp³-hybridized carbons (Fsp3) is 0.200. The Labute approximate surface area is 82.3 Å². The number of fused-ring (bicyclic) bond motifs is 1. The van der Waals surface area contributed by atoms with Crippen LogP contribution >= 0.6 is 0 Å². The van der Waals surface area contributed by atoms with Gasteiger partial charge in [0.25, 0.3) is 0 Å². The molecule has 0 aliphatic carbocycles. The first kappa shape index (κ1) is 10.1. The van der Waals surface area contributed by atoms with Gasteiger partial charge in [0.05, 0.1) is 0 Å². The average molecular weight is 186 g/mol. The first-order chi connectivity index (χ1) is 6.90. The van der Waals surface area contributed by atoms with Crippen molar-refractivity contribution in [3.63, 3.8) is 0 Å². The molecule has 0 aromatic carbocycles. The Bertz CT molecular complexity index is 459. The standard InChI is InChI=1S/C8H4N4.C2H6/c9-3-7-2-1-6-4-10-5-11-8(6)12-7;1-2/h1-2,4-5H;1-2H3. The van der Waals surface area contributed by atoms with Gasteiger partial charge in [0.2, 0.25) is 0 Å². The maximum Gasteiger partial charge on any atom is 0.163 e. The number of pyridine rings is 1. The van der Waals surface area contributed by atoms with E-state index in [9.17, 15) is 0 Å². The Balaban J connectivity index is 0.000000461. The van der Waals surface area contributed by atoms with Gasteiger partial charge in [-0.2, -0.15) is 5.26 Å². The molecule has 0 N–H and O–H groups in total. The number of nitriles is 1. The minimum atomic E-state index is 0.376. The second kappa shape index (κ2) is 4.87. The van der Waals surface area contributed by atoms with Gasteiger partial charge in [-0.1, -0.05) is 13.8 Å². The summed E-state index contributed by atoms with van der Waals surface area (Å²) >= 11 is 0. The summed E-state index contributed by atoms with van der Waals surface area (Å²) in [4.78, 5) is 11.7. The Morgan fingerprint density at radius 1 is 1.29 bits per heavy atom. The molecular weight excluding hydrogens is 176 g/mol. The lowest BCUT2D eigenvalue weighted by Gasteiger charge is -1.92. The quantitative estimate of drug-likeness (QED) is 0.630. The van der Waals surface area contributed by atoms with Crippen LogP contribution in [0.2, 0.25) is 0 Å². The van der Waals surface area contributed by atoms with Crippen molar-refractivity contribution >= 4 is 11.0 Å². The Morgan fingerprint density at radius 2 is 2.07 bits per heavy atom. The molecule has 14 heavy (non-hydrogen) atoms. The summed E-state index contributed by atoms with van der Waals surface area (Å²) in [6.45, 7) is 4.00. The molecule has 0 radical (unpaired) electrons. The molecule has 0 unspecified atom stereocenters. The predicted molar refractivity (Wildman–Crippen MR) is 53.4 cm³/mol. The molecule has 0 bridgehead atoms. The van der Waals surface area contributed by atoms with Crippen molar-refractivity contribution in [2.24, 2.45) is 0 Å². The fourth-order valence-electron chi connectivity index (χ4n) is 0.927. The number of hydrogen-bond donors (Lipinski definition) is 0. The third kappa shape index (κ3) is 2.02. The van der Waals surface area contributed by atoms with Crippen LogP contribution in [0.4, 0.5) is 0 Å². The molecule has 0 spiro atoms. The first-order valence-electron chi connectivity index (χ1n) is 4.37. The Kier molecular flexibility index (Phi) is 3.50. The van der Waals surface area contributed by atoms with E-state index in [4.69, 9.17) is 5.26 Å². The molecule has 4 nitrogen and oxygen atoms in total. The van der Waals surface area contributed by atoms with Crippen LogP contribution in [0.15, 0.2) is 24.7 Å². The van der Waals surface area contributed by atoms with Gasteiger partial charge < -0.3 is 0 Å². The second-order valence-electron chi connectivity index (χ2n) is 2.24. The molecule has 70 valence electrons. The highest BCUT2D eigenvalue weighted by Crippen LogP contribution is 2.06. The van der Waals surface area contributed by atoms with Crippen LogP contribution < -0.4 is 0 Å². The highest BCUT2D eigenvalue weighted by atomic mass is 14.9. The van der Waals surface area contributed by atoms with E-state index in [2.05, 4.69) is 15.0 Å². The van der Waals surface area contributed by atoms with Crippen LogP contribution in [0, 0.1) is 11.3 Å². The monoisotopic (exact) mass is 186 g/mol. The fourth-order valence-corrected chi connectivity index (χ4v) is 0.927. The normalized spacial score (nSPS) is 8.64. The molecule has 0 atom stereocenters. The van der Waals surface area contributed by atoms with E-state index in [1.54, 1.807) is 18.3 Å². The summed E-state index contributed by atoms with van der Waals surface area (Å²) in [5.41, 5.74) is 0.935. The second-order valence-corrected chi connectivity index (χ2v) is 2.24. The van der Waals surface area contributed by atoms with E-state index >= 15 is 0 Å². The lowest BCUT2D eigenvalue weighted by molar-refractivity contribution is 1.17. The van der Waals surface area contributed by atoms with Crippen LogP contribution in [0.3, 0.4) is 0 Å². The van der Waals surface area contributed by atoms with Crippen LogP contribution in [0.1, 0.15) is 19.5 Å². The van der Waals surface area contributed by atoms with E-state index in [1.165, 1.54) is 6.33 Å². The van der Waals surface area contributed by atoms with E-state index in [-0.39, 0.29) is 0 Å². The molecule has 2 heterocycles. The number of hydrogen-bond acceptors (Lipinski definition) is 4. The maximum atomic E-state index is 8.54. The van der Waals surface area contributed by atoms with Crippen molar-refractivity contribution in [2.75, 3.05) is 0 Å². The molecule has 2 rings (SSSR count). The third-order valence-corrected chi connectivity index (χ3v) is 1.48. The predicted octanol–water partition coefficient (Wildman–Crippen LogP) is 1.92. The maximum absolute atomic E-state index is 8.54. The molecule has 0 aliphatic rings. The topological polar surface area (TPSA) is 62.5 Å². The van der Waals surface area contributed by atoms with E-state index < -0.39 is 0 Å². The van der Waals surface area contributed by atoms with Crippen molar-refractivity contribution in [3.8, 4) is 6.07 Å². The number of rotatable bonds is 0. The number of aromatic nitrogens is 3. The van der Waals surface area contributed by atoms with Gasteiger partial charge in [-0.3, -0.25) is 0 Å². The number of nitrogens with zero attached hydrogens (tertiary/aromatic N) is 4. The molecular formula is C10H10N4. The molecule has 0 aliphatic heterocycles. The van der Waals surface area contributed by atoms with Crippen molar-refractivity contribution in [1.29, 1.82) is 5.26 Å². The van der Waals surface area contributed by atoms with E-state index in [0.29, 0.717) is 11.3 Å². The Hall–Kier alpha value is -2.02. The van der Waals surface area contributed by atoms with Gasteiger partial charge in [-0.25, -0.2) is 15.0 Å². The van der Waals surface area contributed by atoms with E-state index in [0.717, 1.165) is 5.39 Å². The summed E-state index contributed by atoms with van der Waals surface area (Å²) < 4.78 is 0. The third-order valence-electron chi connectivity index (χ3n) is 1.48. The Morgan fingerprint density at radius 3 is 2.79 bits per heavy atom. The zero-order valence-electron chi connectivity index (χ0n) is 8.10.